The van der Waals surface area contributed by atoms with Gasteiger partial charge in [0.05, 0.1) is 6.21 Å². The average molecular weight is 327 g/mol. The fraction of sp³-hybridized carbons (Fsp3) is 0.222. The third kappa shape index (κ3) is 6.08. The van der Waals surface area contributed by atoms with Gasteiger partial charge in [-0.2, -0.15) is 5.10 Å². The molecule has 0 fully saturated rings. The van der Waals surface area contributed by atoms with Crippen LogP contribution >= 0.6 is 12.2 Å². The molecule has 0 aliphatic carbocycles. The molecular formula is C18H21N3OS. The standard InChI is InChI=1S/C18H21N3OS/c1-3-19-18(23)21-20-12-15-7-9-17(10-8-15)22-13-16-6-4-5-14(2)11-16/h4-12H,3,13H2,1-2H3,(H2,19,21,23)/b20-12+. The van der Waals surface area contributed by atoms with E-state index in [1.807, 2.05) is 37.3 Å². The van der Waals surface area contributed by atoms with Crippen LogP contribution in [0.25, 0.3) is 0 Å². The van der Waals surface area contributed by atoms with Gasteiger partial charge in [0.1, 0.15) is 12.4 Å². The molecule has 0 amide bonds. The fourth-order valence-electron chi connectivity index (χ4n) is 1.98. The van der Waals surface area contributed by atoms with E-state index in [4.69, 9.17) is 17.0 Å². The van der Waals surface area contributed by atoms with Crippen LogP contribution in [-0.4, -0.2) is 17.9 Å². The second-order valence-corrected chi connectivity index (χ2v) is 5.48. The highest BCUT2D eigenvalue weighted by Gasteiger charge is 1.97. The van der Waals surface area contributed by atoms with E-state index < -0.39 is 0 Å². The summed E-state index contributed by atoms with van der Waals surface area (Å²) >= 11 is 5.02. The molecule has 2 N–H and O–H groups in total. The SMILES string of the molecule is CCNC(=S)N/N=C/c1ccc(OCc2cccc(C)c2)cc1. The number of ether oxygens (including phenoxy) is 1. The molecule has 2 rings (SSSR count). The summed E-state index contributed by atoms with van der Waals surface area (Å²) in [7, 11) is 0. The summed E-state index contributed by atoms with van der Waals surface area (Å²) < 4.78 is 5.79. The molecule has 5 heteroatoms. The topological polar surface area (TPSA) is 45.7 Å². The smallest absolute Gasteiger partial charge is 0.186 e. The van der Waals surface area contributed by atoms with Gasteiger partial charge in [0.15, 0.2) is 5.11 Å². The van der Waals surface area contributed by atoms with Gasteiger partial charge in [0.25, 0.3) is 0 Å². The number of aryl methyl sites for hydroxylation is 1. The van der Waals surface area contributed by atoms with Crippen molar-refractivity contribution in [3.8, 4) is 5.75 Å². The molecule has 120 valence electrons. The van der Waals surface area contributed by atoms with Crippen LogP contribution in [0.5, 0.6) is 5.75 Å². The van der Waals surface area contributed by atoms with E-state index in [0.717, 1.165) is 23.4 Å². The Hall–Kier alpha value is -2.40. The summed E-state index contributed by atoms with van der Waals surface area (Å²) in [5, 5.41) is 7.55. The van der Waals surface area contributed by atoms with Gasteiger partial charge in [-0.3, -0.25) is 5.43 Å². The van der Waals surface area contributed by atoms with Crippen LogP contribution in [-0.2, 0) is 6.61 Å². The monoisotopic (exact) mass is 327 g/mol. The van der Waals surface area contributed by atoms with Crippen LogP contribution in [0.1, 0.15) is 23.6 Å². The van der Waals surface area contributed by atoms with E-state index in [9.17, 15) is 0 Å². The number of nitrogens with zero attached hydrogens (tertiary/aromatic N) is 1. The van der Waals surface area contributed by atoms with Crippen LogP contribution in [0.3, 0.4) is 0 Å². The number of hydrogen-bond donors (Lipinski definition) is 2. The zero-order chi connectivity index (χ0) is 16.5. The van der Waals surface area contributed by atoms with Crippen LogP contribution in [0.15, 0.2) is 53.6 Å². The summed E-state index contributed by atoms with van der Waals surface area (Å²) in [6, 6.07) is 16.1. The molecule has 0 heterocycles. The Bertz CT molecular complexity index is 668. The van der Waals surface area contributed by atoms with Crippen molar-refractivity contribution < 1.29 is 4.74 Å². The molecule has 0 radical (unpaired) electrons. The fourth-order valence-corrected chi connectivity index (χ4v) is 2.18. The first-order valence-electron chi connectivity index (χ1n) is 7.52. The second-order valence-electron chi connectivity index (χ2n) is 5.08. The van der Waals surface area contributed by atoms with Crippen molar-refractivity contribution in [2.45, 2.75) is 20.5 Å². The van der Waals surface area contributed by atoms with Gasteiger partial charge in [-0.25, -0.2) is 0 Å². The molecule has 2 aromatic rings. The maximum atomic E-state index is 5.79. The van der Waals surface area contributed by atoms with E-state index in [1.165, 1.54) is 5.56 Å². The van der Waals surface area contributed by atoms with Crippen LogP contribution in [0, 0.1) is 6.92 Å². The van der Waals surface area contributed by atoms with Crippen molar-refractivity contribution >= 4 is 23.5 Å². The van der Waals surface area contributed by atoms with Crippen molar-refractivity contribution in [1.82, 2.24) is 10.7 Å². The van der Waals surface area contributed by atoms with Crippen molar-refractivity contribution in [2.75, 3.05) is 6.54 Å². The maximum absolute atomic E-state index is 5.79. The number of rotatable bonds is 6. The predicted molar refractivity (Wildman–Crippen MR) is 99.0 cm³/mol. The minimum absolute atomic E-state index is 0.516. The lowest BCUT2D eigenvalue weighted by Gasteiger charge is -2.07. The Kier molecular flexibility index (Phi) is 6.56. The van der Waals surface area contributed by atoms with E-state index in [0.29, 0.717) is 11.7 Å². The molecule has 4 nitrogen and oxygen atoms in total. The summed E-state index contributed by atoms with van der Waals surface area (Å²) in [6.07, 6.45) is 1.72. The largest absolute Gasteiger partial charge is 0.489 e. The van der Waals surface area contributed by atoms with Crippen molar-refractivity contribution in [3.05, 3.63) is 65.2 Å². The van der Waals surface area contributed by atoms with E-state index in [-0.39, 0.29) is 0 Å². The average Bonchev–Trinajstić information content (AvgIpc) is 2.54. The first-order valence-corrected chi connectivity index (χ1v) is 7.93. The lowest BCUT2D eigenvalue weighted by atomic mass is 10.1. The summed E-state index contributed by atoms with van der Waals surface area (Å²) in [5.74, 6) is 0.833. The maximum Gasteiger partial charge on any atom is 0.186 e. The minimum atomic E-state index is 0.516. The molecule has 0 atom stereocenters. The van der Waals surface area contributed by atoms with Gasteiger partial charge >= 0.3 is 0 Å². The molecule has 0 bridgehead atoms. The third-order valence-electron chi connectivity index (χ3n) is 3.09. The Morgan fingerprint density at radius 3 is 2.70 bits per heavy atom. The summed E-state index contributed by atoms with van der Waals surface area (Å²) in [6.45, 7) is 5.39. The summed E-state index contributed by atoms with van der Waals surface area (Å²) in [4.78, 5) is 0. The highest BCUT2D eigenvalue weighted by atomic mass is 32.1. The Labute approximate surface area is 142 Å². The number of hydrogen-bond acceptors (Lipinski definition) is 3. The molecule has 2 aromatic carbocycles. The zero-order valence-corrected chi connectivity index (χ0v) is 14.2. The van der Waals surface area contributed by atoms with Gasteiger partial charge in [-0.05, 0) is 61.5 Å². The third-order valence-corrected chi connectivity index (χ3v) is 3.32. The Morgan fingerprint density at radius 1 is 1.22 bits per heavy atom. The van der Waals surface area contributed by atoms with Gasteiger partial charge < -0.3 is 10.1 Å². The summed E-state index contributed by atoms with van der Waals surface area (Å²) in [5.41, 5.74) is 6.13. The van der Waals surface area contributed by atoms with E-state index in [1.54, 1.807) is 6.21 Å². The van der Waals surface area contributed by atoms with Crippen LogP contribution < -0.4 is 15.5 Å². The number of thiocarbonyl (C=S) groups is 1. The number of benzene rings is 2. The second kappa shape index (κ2) is 8.90. The number of hydrazone groups is 1. The van der Waals surface area contributed by atoms with Crippen LogP contribution in [0.2, 0.25) is 0 Å². The minimum Gasteiger partial charge on any atom is -0.489 e. The van der Waals surface area contributed by atoms with Crippen molar-refractivity contribution in [3.63, 3.8) is 0 Å². The lowest BCUT2D eigenvalue weighted by molar-refractivity contribution is 0.306. The highest BCUT2D eigenvalue weighted by Crippen LogP contribution is 2.14. The van der Waals surface area contributed by atoms with Crippen LogP contribution in [0.4, 0.5) is 0 Å². The van der Waals surface area contributed by atoms with Gasteiger partial charge in [-0.15, -0.1) is 0 Å². The Balaban J connectivity index is 1.84. The van der Waals surface area contributed by atoms with E-state index in [2.05, 4.69) is 41.0 Å². The number of nitrogens with one attached hydrogen (secondary N) is 2. The predicted octanol–water partition coefficient (Wildman–Crippen LogP) is 3.39. The lowest BCUT2D eigenvalue weighted by Crippen LogP contribution is -2.31. The molecule has 0 aliphatic rings. The molecular weight excluding hydrogens is 306 g/mol. The normalized spacial score (nSPS) is 10.5. The van der Waals surface area contributed by atoms with Gasteiger partial charge in [0, 0.05) is 6.54 Å². The molecule has 0 aromatic heterocycles. The quantitative estimate of drug-likeness (QED) is 0.485. The first-order chi connectivity index (χ1) is 11.2. The molecule has 0 saturated heterocycles. The van der Waals surface area contributed by atoms with Crippen molar-refractivity contribution in [2.24, 2.45) is 5.10 Å². The highest BCUT2D eigenvalue weighted by molar-refractivity contribution is 7.80. The molecule has 23 heavy (non-hydrogen) atoms. The molecule has 0 unspecified atom stereocenters. The zero-order valence-electron chi connectivity index (χ0n) is 13.4. The van der Waals surface area contributed by atoms with Crippen molar-refractivity contribution in [1.29, 1.82) is 0 Å². The van der Waals surface area contributed by atoms with Gasteiger partial charge in [-0.1, -0.05) is 29.8 Å². The molecule has 0 aliphatic heterocycles. The first kappa shape index (κ1) is 17.0. The Morgan fingerprint density at radius 2 is 2.00 bits per heavy atom. The van der Waals surface area contributed by atoms with Gasteiger partial charge in [0.2, 0.25) is 0 Å². The van der Waals surface area contributed by atoms with E-state index >= 15 is 0 Å². The molecule has 0 saturated carbocycles. The molecule has 0 spiro atoms.